The molecule has 1 aromatic heterocycles. The molecule has 0 radical (unpaired) electrons. The van der Waals surface area contributed by atoms with Crippen molar-refractivity contribution in [3.8, 4) is 0 Å². The molecule has 26 heavy (non-hydrogen) atoms. The highest BCUT2D eigenvalue weighted by Crippen LogP contribution is 2.43. The van der Waals surface area contributed by atoms with E-state index >= 15 is 0 Å². The van der Waals surface area contributed by atoms with E-state index in [0.29, 0.717) is 5.41 Å². The van der Waals surface area contributed by atoms with Crippen molar-refractivity contribution in [1.82, 2.24) is 19.8 Å². The Kier molecular flexibility index (Phi) is 6.86. The van der Waals surface area contributed by atoms with Crippen molar-refractivity contribution >= 4 is 29.9 Å². The van der Waals surface area contributed by atoms with Crippen LogP contribution in [0.25, 0.3) is 0 Å². The number of hydrogen-bond donors (Lipinski definition) is 1. The molecule has 2 fully saturated rings. The number of fused-ring (bicyclic) bond motifs is 1. The van der Waals surface area contributed by atoms with Gasteiger partial charge in [0.1, 0.15) is 5.82 Å². The molecule has 146 valence electrons. The molecule has 1 aliphatic carbocycles. The average molecular weight is 471 g/mol. The molecule has 0 unspecified atom stereocenters. The van der Waals surface area contributed by atoms with Gasteiger partial charge >= 0.3 is 0 Å². The summed E-state index contributed by atoms with van der Waals surface area (Å²) in [6.07, 6.45) is 15.4. The van der Waals surface area contributed by atoms with E-state index in [-0.39, 0.29) is 24.0 Å². The Bertz CT molecular complexity index is 594. The van der Waals surface area contributed by atoms with Crippen molar-refractivity contribution in [3.63, 3.8) is 0 Å². The summed E-state index contributed by atoms with van der Waals surface area (Å²) in [4.78, 5) is 11.8. The predicted octanol–water partition coefficient (Wildman–Crippen LogP) is 3.61. The SMILES string of the molecule is CN=C(NCCc1cn2c(n1)CCCC2)N1CCC2(CCCCC2)C1.I. The van der Waals surface area contributed by atoms with Crippen LogP contribution in [-0.4, -0.2) is 47.1 Å². The fraction of sp³-hybridized carbons (Fsp3) is 0.800. The topological polar surface area (TPSA) is 45.5 Å². The Hall–Kier alpha value is -0.790. The maximum absolute atomic E-state index is 4.81. The average Bonchev–Trinajstić information content (AvgIpc) is 3.23. The van der Waals surface area contributed by atoms with Gasteiger partial charge < -0.3 is 14.8 Å². The van der Waals surface area contributed by atoms with Gasteiger partial charge in [0.15, 0.2) is 5.96 Å². The number of hydrogen-bond acceptors (Lipinski definition) is 2. The number of halogens is 1. The Balaban J connectivity index is 0.00000196. The highest BCUT2D eigenvalue weighted by atomic mass is 127. The van der Waals surface area contributed by atoms with Gasteiger partial charge in [-0.1, -0.05) is 19.3 Å². The molecule has 0 atom stereocenters. The van der Waals surface area contributed by atoms with Gasteiger partial charge in [-0.2, -0.15) is 0 Å². The third-order valence-corrected chi connectivity index (χ3v) is 6.49. The fourth-order valence-corrected chi connectivity index (χ4v) is 5.05. The first kappa shape index (κ1) is 20.0. The molecule has 1 spiro atoms. The minimum absolute atomic E-state index is 0. The number of aliphatic imine (C=N–C) groups is 1. The second kappa shape index (κ2) is 8.93. The summed E-state index contributed by atoms with van der Waals surface area (Å²) in [5, 5.41) is 3.59. The third-order valence-electron chi connectivity index (χ3n) is 6.49. The van der Waals surface area contributed by atoms with Crippen LogP contribution < -0.4 is 5.32 Å². The normalized spacial score (nSPS) is 22.2. The molecule has 6 heteroatoms. The van der Waals surface area contributed by atoms with Crippen molar-refractivity contribution in [2.75, 3.05) is 26.7 Å². The lowest BCUT2D eigenvalue weighted by molar-refractivity contribution is 0.203. The maximum Gasteiger partial charge on any atom is 0.193 e. The summed E-state index contributed by atoms with van der Waals surface area (Å²) in [6.45, 7) is 4.43. The van der Waals surface area contributed by atoms with Gasteiger partial charge in [0.05, 0.1) is 5.69 Å². The number of nitrogens with zero attached hydrogens (tertiary/aromatic N) is 4. The molecule has 1 saturated heterocycles. The largest absolute Gasteiger partial charge is 0.356 e. The van der Waals surface area contributed by atoms with E-state index in [9.17, 15) is 0 Å². The van der Waals surface area contributed by atoms with Crippen molar-refractivity contribution in [3.05, 3.63) is 17.7 Å². The first-order valence-electron chi connectivity index (χ1n) is 10.3. The Labute approximate surface area is 175 Å². The minimum atomic E-state index is 0. The van der Waals surface area contributed by atoms with Crippen molar-refractivity contribution < 1.29 is 0 Å². The summed E-state index contributed by atoms with van der Waals surface area (Å²) in [7, 11) is 1.92. The first-order chi connectivity index (χ1) is 12.3. The lowest BCUT2D eigenvalue weighted by atomic mass is 9.73. The van der Waals surface area contributed by atoms with Crippen LogP contribution in [-0.2, 0) is 19.4 Å². The molecule has 3 aliphatic rings. The van der Waals surface area contributed by atoms with Gasteiger partial charge in [-0.3, -0.25) is 4.99 Å². The van der Waals surface area contributed by atoms with Gasteiger partial charge in [0, 0.05) is 52.3 Å². The van der Waals surface area contributed by atoms with E-state index in [4.69, 9.17) is 4.98 Å². The van der Waals surface area contributed by atoms with E-state index in [1.54, 1.807) is 0 Å². The molecule has 1 aromatic rings. The number of rotatable bonds is 3. The maximum atomic E-state index is 4.81. The quantitative estimate of drug-likeness (QED) is 0.416. The van der Waals surface area contributed by atoms with E-state index in [1.165, 1.54) is 76.0 Å². The van der Waals surface area contributed by atoms with Crippen LogP contribution in [0.2, 0.25) is 0 Å². The predicted molar refractivity (Wildman–Crippen MR) is 117 cm³/mol. The highest BCUT2D eigenvalue weighted by molar-refractivity contribution is 14.0. The van der Waals surface area contributed by atoms with Gasteiger partial charge in [-0.05, 0) is 37.5 Å². The van der Waals surface area contributed by atoms with Gasteiger partial charge in [0.2, 0.25) is 0 Å². The number of nitrogens with one attached hydrogen (secondary N) is 1. The van der Waals surface area contributed by atoms with Crippen molar-refractivity contribution in [2.45, 2.75) is 70.8 Å². The van der Waals surface area contributed by atoms with Gasteiger partial charge in [0.25, 0.3) is 0 Å². The van der Waals surface area contributed by atoms with Crippen LogP contribution in [0.15, 0.2) is 11.2 Å². The molecule has 4 rings (SSSR count). The Morgan fingerprint density at radius 1 is 1.15 bits per heavy atom. The molecule has 1 N–H and O–H groups in total. The molecular formula is C20H34IN5. The van der Waals surface area contributed by atoms with Crippen LogP contribution in [0, 0.1) is 5.41 Å². The van der Waals surface area contributed by atoms with Crippen LogP contribution in [0.5, 0.6) is 0 Å². The Morgan fingerprint density at radius 3 is 2.77 bits per heavy atom. The second-order valence-corrected chi connectivity index (χ2v) is 8.26. The smallest absolute Gasteiger partial charge is 0.193 e. The minimum Gasteiger partial charge on any atom is -0.356 e. The van der Waals surface area contributed by atoms with Crippen molar-refractivity contribution in [1.29, 1.82) is 0 Å². The van der Waals surface area contributed by atoms with Crippen molar-refractivity contribution in [2.24, 2.45) is 10.4 Å². The first-order valence-corrected chi connectivity index (χ1v) is 10.3. The second-order valence-electron chi connectivity index (χ2n) is 8.26. The van der Waals surface area contributed by atoms with Crippen LogP contribution >= 0.6 is 24.0 Å². The van der Waals surface area contributed by atoms with E-state index < -0.39 is 0 Å². The monoisotopic (exact) mass is 471 g/mol. The zero-order valence-electron chi connectivity index (χ0n) is 16.2. The molecular weight excluding hydrogens is 437 g/mol. The van der Waals surface area contributed by atoms with E-state index in [1.807, 2.05) is 7.05 Å². The standard InChI is InChI=1S/C20H33N5.HI/c1-21-19(25-14-11-20(16-25)9-4-2-5-10-20)22-12-8-17-15-24-13-6-3-7-18(24)23-17;/h15H,2-14,16H2,1H3,(H,21,22);1H. The number of imidazole rings is 1. The molecule has 0 amide bonds. The summed E-state index contributed by atoms with van der Waals surface area (Å²) >= 11 is 0. The van der Waals surface area contributed by atoms with Gasteiger partial charge in [-0.25, -0.2) is 4.98 Å². The number of aromatic nitrogens is 2. The third kappa shape index (κ3) is 4.37. The van der Waals surface area contributed by atoms with E-state index in [2.05, 4.69) is 26.0 Å². The van der Waals surface area contributed by atoms with E-state index in [0.717, 1.165) is 31.9 Å². The summed E-state index contributed by atoms with van der Waals surface area (Å²) in [6, 6.07) is 0. The molecule has 1 saturated carbocycles. The van der Waals surface area contributed by atoms with Crippen LogP contribution in [0.4, 0.5) is 0 Å². The fourth-order valence-electron chi connectivity index (χ4n) is 5.05. The molecule has 0 bridgehead atoms. The number of guanidine groups is 1. The van der Waals surface area contributed by atoms with Crippen LogP contribution in [0.3, 0.4) is 0 Å². The van der Waals surface area contributed by atoms with Crippen LogP contribution in [0.1, 0.15) is 62.9 Å². The lowest BCUT2D eigenvalue weighted by Crippen LogP contribution is -2.42. The summed E-state index contributed by atoms with van der Waals surface area (Å²) < 4.78 is 2.35. The number of aryl methyl sites for hydroxylation is 2. The zero-order chi connectivity index (χ0) is 17.1. The summed E-state index contributed by atoms with van der Waals surface area (Å²) in [5.74, 6) is 2.37. The Morgan fingerprint density at radius 2 is 2.00 bits per heavy atom. The zero-order valence-corrected chi connectivity index (χ0v) is 18.5. The highest BCUT2D eigenvalue weighted by Gasteiger charge is 2.39. The molecule has 3 heterocycles. The lowest BCUT2D eigenvalue weighted by Gasteiger charge is -2.33. The molecule has 5 nitrogen and oxygen atoms in total. The summed E-state index contributed by atoms with van der Waals surface area (Å²) in [5.41, 5.74) is 1.81. The molecule has 0 aromatic carbocycles. The number of likely N-dealkylation sites (tertiary alicyclic amines) is 1. The van der Waals surface area contributed by atoms with Gasteiger partial charge in [-0.15, -0.1) is 24.0 Å². The molecule has 2 aliphatic heterocycles.